The summed E-state index contributed by atoms with van der Waals surface area (Å²) in [5.74, 6) is -1.67. The number of ketones is 1. The lowest BCUT2D eigenvalue weighted by atomic mass is 9.69. The number of amides is 2. The molecule has 1 aromatic carbocycles. The first-order valence-electron chi connectivity index (χ1n) is 12.6. The molecule has 2 aliphatic rings. The van der Waals surface area contributed by atoms with Crippen LogP contribution in [0, 0.1) is 12.3 Å². The van der Waals surface area contributed by atoms with Crippen molar-refractivity contribution < 1.29 is 14.4 Å². The van der Waals surface area contributed by atoms with Crippen molar-refractivity contribution in [3.05, 3.63) is 99.8 Å². The van der Waals surface area contributed by atoms with E-state index in [1.54, 1.807) is 22.8 Å². The van der Waals surface area contributed by atoms with Crippen molar-refractivity contribution in [2.24, 2.45) is 5.41 Å². The van der Waals surface area contributed by atoms with Crippen molar-refractivity contribution in [3.8, 4) is 0 Å². The third-order valence-corrected chi connectivity index (χ3v) is 7.26. The van der Waals surface area contributed by atoms with E-state index in [1.807, 2.05) is 45.0 Å². The molecule has 0 radical (unpaired) electrons. The van der Waals surface area contributed by atoms with Crippen LogP contribution in [0.15, 0.2) is 77.5 Å². The van der Waals surface area contributed by atoms with E-state index in [0.29, 0.717) is 35.4 Å². The zero-order valence-corrected chi connectivity index (χ0v) is 21.8. The first kappa shape index (κ1) is 25.3. The number of allylic oxidation sites excluding steroid dienone is 3. The predicted octanol–water partition coefficient (Wildman–Crippen LogP) is 4.20. The summed E-state index contributed by atoms with van der Waals surface area (Å²) in [6.07, 6.45) is 5.23. The van der Waals surface area contributed by atoms with E-state index in [1.165, 1.54) is 17.4 Å². The Morgan fingerprint density at radius 3 is 2.58 bits per heavy atom. The normalized spacial score (nSPS) is 18.9. The highest BCUT2D eigenvalue weighted by Crippen LogP contribution is 2.46. The van der Waals surface area contributed by atoms with Crippen LogP contribution in [-0.4, -0.2) is 32.2 Å². The van der Waals surface area contributed by atoms with Crippen LogP contribution in [-0.2, 0) is 16.1 Å². The Hall–Kier alpha value is -4.33. The molecule has 2 amide bonds. The van der Waals surface area contributed by atoms with Gasteiger partial charge in [0, 0.05) is 54.4 Å². The molecule has 38 heavy (non-hydrogen) atoms. The molecule has 1 unspecified atom stereocenters. The van der Waals surface area contributed by atoms with Crippen LogP contribution in [0.1, 0.15) is 60.5 Å². The number of carbonyl (C=O) groups is 3. The molecule has 3 heterocycles. The first-order valence-corrected chi connectivity index (χ1v) is 12.6. The molecule has 1 aliphatic heterocycles. The summed E-state index contributed by atoms with van der Waals surface area (Å²) in [5.41, 5.74) is 5.46. The lowest BCUT2D eigenvalue weighted by molar-refractivity contribution is -0.134. The van der Waals surface area contributed by atoms with Gasteiger partial charge < -0.3 is 4.57 Å². The number of benzene rings is 1. The Labute approximate surface area is 220 Å². The maximum Gasteiger partial charge on any atom is 0.270 e. The second-order valence-electron chi connectivity index (χ2n) is 10.8. The smallest absolute Gasteiger partial charge is 0.270 e. The minimum absolute atomic E-state index is 0.109. The Kier molecular flexibility index (Phi) is 6.34. The second kappa shape index (κ2) is 9.52. The number of Topliss-reactive ketones (excluding diaryl/α,β-unsaturated/α-hetero) is 1. The van der Waals surface area contributed by atoms with Gasteiger partial charge in [-0.2, -0.15) is 0 Å². The number of fused-ring (bicyclic) bond motifs is 1. The van der Waals surface area contributed by atoms with Crippen LogP contribution in [0.3, 0.4) is 0 Å². The van der Waals surface area contributed by atoms with Gasteiger partial charge in [0.15, 0.2) is 5.78 Å². The predicted molar refractivity (Wildman–Crippen MR) is 144 cm³/mol. The van der Waals surface area contributed by atoms with Crippen molar-refractivity contribution in [2.75, 3.05) is 0 Å². The third-order valence-electron chi connectivity index (χ3n) is 7.26. The Bertz CT molecular complexity index is 1580. The molecule has 1 atom stereocenters. The third kappa shape index (κ3) is 4.47. The van der Waals surface area contributed by atoms with E-state index in [9.17, 15) is 19.2 Å². The van der Waals surface area contributed by atoms with E-state index in [0.717, 1.165) is 16.5 Å². The summed E-state index contributed by atoms with van der Waals surface area (Å²) in [5, 5.41) is 2.08. The molecular formula is C30H30N4O4. The molecule has 2 aromatic heterocycles. The van der Waals surface area contributed by atoms with E-state index < -0.39 is 17.2 Å². The largest absolute Gasteiger partial charge is 0.304 e. The number of carbonyl (C=O) groups excluding carboxylic acids is 3. The van der Waals surface area contributed by atoms with Crippen LogP contribution in [0.4, 0.5) is 0 Å². The molecular weight excluding hydrogens is 480 g/mol. The summed E-state index contributed by atoms with van der Waals surface area (Å²) in [7, 11) is 0. The Balaban J connectivity index is 1.68. The zero-order valence-electron chi connectivity index (χ0n) is 21.8. The average molecular weight is 511 g/mol. The summed E-state index contributed by atoms with van der Waals surface area (Å²) in [6, 6.07) is 10.8. The Morgan fingerprint density at radius 1 is 1.13 bits per heavy atom. The number of hydrogen-bond acceptors (Lipinski definition) is 5. The van der Waals surface area contributed by atoms with Crippen molar-refractivity contribution in [3.63, 3.8) is 0 Å². The maximum absolute atomic E-state index is 13.8. The van der Waals surface area contributed by atoms with Gasteiger partial charge in [-0.3, -0.25) is 29.6 Å². The number of nitrogens with zero attached hydrogens (tertiary/aromatic N) is 3. The lowest BCUT2D eigenvalue weighted by Gasteiger charge is -2.42. The molecule has 1 aliphatic carbocycles. The van der Waals surface area contributed by atoms with Crippen LogP contribution in [0.25, 0.3) is 10.9 Å². The number of pyridine rings is 2. The monoisotopic (exact) mass is 510 g/mol. The van der Waals surface area contributed by atoms with Crippen molar-refractivity contribution >= 4 is 28.5 Å². The van der Waals surface area contributed by atoms with Gasteiger partial charge in [0.25, 0.3) is 11.5 Å². The number of hydrazine groups is 1. The van der Waals surface area contributed by atoms with Gasteiger partial charge in [0.1, 0.15) is 0 Å². The van der Waals surface area contributed by atoms with Crippen molar-refractivity contribution in [2.45, 2.75) is 52.5 Å². The second-order valence-corrected chi connectivity index (χ2v) is 10.8. The SMILES string of the molecule is C=CCn1c(=O)c(C2CC(=O)N(NC(=O)c3ccncc3)C3=C2C(=O)CC(C)(C)C3)cc2cc(C)ccc21. The van der Waals surface area contributed by atoms with Crippen LogP contribution < -0.4 is 11.0 Å². The maximum atomic E-state index is 13.8. The number of nitrogens with one attached hydrogen (secondary N) is 1. The average Bonchev–Trinajstić information content (AvgIpc) is 2.87. The van der Waals surface area contributed by atoms with E-state index in [-0.39, 0.29) is 30.1 Å². The van der Waals surface area contributed by atoms with Gasteiger partial charge in [0.05, 0.1) is 11.2 Å². The minimum Gasteiger partial charge on any atom is -0.304 e. The zero-order chi connectivity index (χ0) is 27.2. The van der Waals surface area contributed by atoms with Crippen LogP contribution in [0.5, 0.6) is 0 Å². The summed E-state index contributed by atoms with van der Waals surface area (Å²) < 4.78 is 1.64. The topological polar surface area (TPSA) is 101 Å². The molecule has 0 bridgehead atoms. The molecule has 3 aromatic rings. The summed E-state index contributed by atoms with van der Waals surface area (Å²) >= 11 is 0. The fourth-order valence-corrected chi connectivity index (χ4v) is 5.57. The van der Waals surface area contributed by atoms with Crippen LogP contribution >= 0.6 is 0 Å². The number of aromatic nitrogens is 2. The lowest BCUT2D eigenvalue weighted by Crippen LogP contribution is -2.52. The molecule has 194 valence electrons. The van der Waals surface area contributed by atoms with E-state index >= 15 is 0 Å². The summed E-state index contributed by atoms with van der Waals surface area (Å²) in [4.78, 5) is 57.9. The number of hydrogen-bond donors (Lipinski definition) is 1. The molecule has 0 spiro atoms. The molecule has 0 saturated carbocycles. The minimum atomic E-state index is -0.705. The van der Waals surface area contributed by atoms with Gasteiger partial charge in [-0.1, -0.05) is 31.6 Å². The molecule has 0 saturated heterocycles. The van der Waals surface area contributed by atoms with E-state index in [4.69, 9.17) is 0 Å². The quantitative estimate of drug-likeness (QED) is 0.519. The van der Waals surface area contributed by atoms with Gasteiger partial charge in [-0.25, -0.2) is 5.01 Å². The van der Waals surface area contributed by atoms with Gasteiger partial charge in [-0.05, 0) is 54.5 Å². The fraction of sp³-hybridized carbons (Fsp3) is 0.300. The number of aryl methyl sites for hydroxylation is 1. The highest BCUT2D eigenvalue weighted by atomic mass is 16.2. The van der Waals surface area contributed by atoms with Gasteiger partial charge in [0.2, 0.25) is 5.91 Å². The first-order chi connectivity index (χ1) is 18.1. The molecule has 8 nitrogen and oxygen atoms in total. The molecule has 5 rings (SSSR count). The van der Waals surface area contributed by atoms with Crippen molar-refractivity contribution in [1.82, 2.24) is 20.0 Å². The molecule has 1 N–H and O–H groups in total. The Morgan fingerprint density at radius 2 is 1.87 bits per heavy atom. The van der Waals surface area contributed by atoms with E-state index in [2.05, 4.69) is 17.0 Å². The highest BCUT2D eigenvalue weighted by molar-refractivity contribution is 6.03. The summed E-state index contributed by atoms with van der Waals surface area (Å²) in [6.45, 7) is 10.00. The fourth-order valence-electron chi connectivity index (χ4n) is 5.57. The van der Waals surface area contributed by atoms with Gasteiger partial charge >= 0.3 is 0 Å². The number of rotatable bonds is 5. The van der Waals surface area contributed by atoms with Crippen LogP contribution in [0.2, 0.25) is 0 Å². The molecule has 0 fully saturated rings. The highest BCUT2D eigenvalue weighted by Gasteiger charge is 2.45. The van der Waals surface area contributed by atoms with Gasteiger partial charge in [-0.15, -0.1) is 6.58 Å². The molecule has 8 heteroatoms. The van der Waals surface area contributed by atoms with Crippen molar-refractivity contribution in [1.29, 1.82) is 0 Å². The standard InChI is InChI=1S/C30H30N4O4/c1-5-12-33-23-7-6-18(2)13-20(23)14-22(29(33)38)21-15-26(36)34(32-28(37)19-8-10-31-11-9-19)24-16-30(3,4)17-25(35)27(21)24/h5-11,13-14,21H,1,12,15-17H2,2-4H3,(H,32,37).